The van der Waals surface area contributed by atoms with Crippen molar-refractivity contribution in [1.82, 2.24) is 29.6 Å². The summed E-state index contributed by atoms with van der Waals surface area (Å²) in [5.74, 6) is 0.0183. The van der Waals surface area contributed by atoms with Crippen molar-refractivity contribution in [3.8, 4) is 22.0 Å². The number of halogens is 2. The molecule has 110 valence electrons. The summed E-state index contributed by atoms with van der Waals surface area (Å²) < 4.78 is 16.7. The number of hydrogen-bond acceptors (Lipinski definition) is 5. The van der Waals surface area contributed by atoms with Gasteiger partial charge in [0.1, 0.15) is 5.82 Å². The first kappa shape index (κ1) is 13.4. The second kappa shape index (κ2) is 4.85. The van der Waals surface area contributed by atoms with Gasteiger partial charge in [0.25, 0.3) is 0 Å². The molecule has 1 aromatic carbocycles. The maximum Gasteiger partial charge on any atom is 0.235 e. The highest BCUT2D eigenvalue weighted by molar-refractivity contribution is 7.19. The minimum atomic E-state index is -0.390. The minimum absolute atomic E-state index is 0.390. The molecule has 0 amide bonds. The van der Waals surface area contributed by atoms with Crippen LogP contribution in [0.4, 0.5) is 4.39 Å². The monoisotopic (exact) mass is 334 g/mol. The summed E-state index contributed by atoms with van der Waals surface area (Å²) in [6, 6.07) is 4.11. The molecule has 9 heteroatoms. The van der Waals surface area contributed by atoms with E-state index < -0.39 is 0 Å². The number of rotatable bonds is 2. The molecule has 6 nitrogen and oxygen atoms in total. The molecule has 0 fully saturated rings. The van der Waals surface area contributed by atoms with Crippen LogP contribution in [0, 0.1) is 5.82 Å². The lowest BCUT2D eigenvalue weighted by molar-refractivity contribution is 0.628. The normalized spacial score (nSPS) is 11.4. The molecular formula is C13H8ClFN6S. The van der Waals surface area contributed by atoms with Crippen LogP contribution in [0.5, 0.6) is 0 Å². The van der Waals surface area contributed by atoms with Crippen molar-refractivity contribution < 1.29 is 4.39 Å². The van der Waals surface area contributed by atoms with Crippen molar-refractivity contribution in [2.24, 2.45) is 7.05 Å². The Balaban J connectivity index is 1.89. The molecule has 22 heavy (non-hydrogen) atoms. The standard InChI is InChI=1S/C13H8ClFN6S/c1-20-6-7(5-16-20)12-19-21-11(17-18-13(21)22-12)9-4-8(15)2-3-10(9)14/h2-6H,1H3. The predicted octanol–water partition coefficient (Wildman–Crippen LogP) is 3.05. The van der Waals surface area contributed by atoms with Crippen LogP contribution < -0.4 is 0 Å². The molecular weight excluding hydrogens is 327 g/mol. The second-order valence-corrected chi connectivity index (χ2v) is 6.02. The maximum atomic E-state index is 13.5. The lowest BCUT2D eigenvalue weighted by atomic mass is 10.2. The SMILES string of the molecule is Cn1cc(-c2nn3c(-c4cc(F)ccc4Cl)nnc3s2)cn1. The van der Waals surface area contributed by atoms with Gasteiger partial charge in [-0.25, -0.2) is 4.39 Å². The topological polar surface area (TPSA) is 60.9 Å². The lowest BCUT2D eigenvalue weighted by Crippen LogP contribution is -1.92. The third-order valence-electron chi connectivity index (χ3n) is 3.11. The Bertz CT molecular complexity index is 988. The van der Waals surface area contributed by atoms with Crippen LogP contribution >= 0.6 is 22.9 Å². The highest BCUT2D eigenvalue weighted by atomic mass is 35.5. The first-order valence-corrected chi connectivity index (χ1v) is 7.48. The van der Waals surface area contributed by atoms with Gasteiger partial charge in [-0.05, 0) is 18.2 Å². The van der Waals surface area contributed by atoms with E-state index in [1.54, 1.807) is 15.4 Å². The average molecular weight is 335 g/mol. The van der Waals surface area contributed by atoms with Crippen molar-refractivity contribution in [3.05, 3.63) is 41.4 Å². The summed E-state index contributed by atoms with van der Waals surface area (Å²) in [5, 5.41) is 17.9. The van der Waals surface area contributed by atoms with Crippen LogP contribution in [0.1, 0.15) is 0 Å². The third kappa shape index (κ3) is 2.08. The lowest BCUT2D eigenvalue weighted by Gasteiger charge is -2.00. The molecule has 3 aromatic heterocycles. The van der Waals surface area contributed by atoms with Crippen LogP contribution in [0.25, 0.3) is 26.9 Å². The van der Waals surface area contributed by atoms with E-state index >= 15 is 0 Å². The summed E-state index contributed by atoms with van der Waals surface area (Å²) >= 11 is 7.51. The fraction of sp³-hybridized carbons (Fsp3) is 0.0769. The number of fused-ring (bicyclic) bond motifs is 1. The van der Waals surface area contributed by atoms with Gasteiger partial charge in [0.05, 0.1) is 16.8 Å². The van der Waals surface area contributed by atoms with E-state index in [9.17, 15) is 4.39 Å². The number of benzene rings is 1. The van der Waals surface area contributed by atoms with Crippen molar-refractivity contribution in [2.45, 2.75) is 0 Å². The Labute approximate surface area is 132 Å². The Kier molecular flexibility index (Phi) is 2.95. The van der Waals surface area contributed by atoms with Gasteiger partial charge < -0.3 is 0 Å². The molecule has 0 unspecified atom stereocenters. The van der Waals surface area contributed by atoms with Crippen LogP contribution in [-0.2, 0) is 7.05 Å². The molecule has 4 aromatic rings. The molecule has 0 aliphatic rings. The number of aryl methyl sites for hydroxylation is 1. The Morgan fingerprint density at radius 2 is 2.14 bits per heavy atom. The van der Waals surface area contributed by atoms with E-state index in [1.807, 2.05) is 13.2 Å². The Hall–Kier alpha value is -2.32. The smallest absolute Gasteiger partial charge is 0.235 e. The van der Waals surface area contributed by atoms with Crippen LogP contribution in [0.3, 0.4) is 0 Å². The summed E-state index contributed by atoms with van der Waals surface area (Å²) in [6.07, 6.45) is 3.58. The number of aromatic nitrogens is 6. The first-order chi connectivity index (χ1) is 10.6. The van der Waals surface area contributed by atoms with Gasteiger partial charge in [-0.2, -0.15) is 14.7 Å². The first-order valence-electron chi connectivity index (χ1n) is 6.28. The van der Waals surface area contributed by atoms with E-state index in [2.05, 4.69) is 20.4 Å². The quantitative estimate of drug-likeness (QED) is 0.565. The number of hydrogen-bond donors (Lipinski definition) is 0. The van der Waals surface area contributed by atoms with Gasteiger partial charge in [-0.15, -0.1) is 10.2 Å². The zero-order valence-corrected chi connectivity index (χ0v) is 12.8. The molecule has 0 aliphatic heterocycles. The molecule has 0 saturated heterocycles. The van der Waals surface area contributed by atoms with Crippen molar-refractivity contribution in [3.63, 3.8) is 0 Å². The molecule has 3 heterocycles. The van der Waals surface area contributed by atoms with Gasteiger partial charge in [-0.1, -0.05) is 22.9 Å². The summed E-state index contributed by atoms with van der Waals surface area (Å²) in [7, 11) is 1.84. The van der Waals surface area contributed by atoms with E-state index in [0.717, 1.165) is 10.6 Å². The molecule has 0 aliphatic carbocycles. The largest absolute Gasteiger partial charge is 0.275 e. The minimum Gasteiger partial charge on any atom is -0.275 e. The fourth-order valence-electron chi connectivity index (χ4n) is 2.10. The molecule has 0 spiro atoms. The van der Waals surface area contributed by atoms with Gasteiger partial charge >= 0.3 is 0 Å². The second-order valence-electron chi connectivity index (χ2n) is 4.65. The van der Waals surface area contributed by atoms with Crippen molar-refractivity contribution >= 4 is 27.9 Å². The molecule has 0 atom stereocenters. The third-order valence-corrected chi connectivity index (χ3v) is 4.39. The van der Waals surface area contributed by atoms with Gasteiger partial charge in [0.2, 0.25) is 4.96 Å². The van der Waals surface area contributed by atoms with Crippen LogP contribution in [0.15, 0.2) is 30.6 Å². The van der Waals surface area contributed by atoms with E-state index in [1.165, 1.54) is 29.5 Å². The van der Waals surface area contributed by atoms with Gasteiger partial charge in [0, 0.05) is 18.8 Å². The highest BCUT2D eigenvalue weighted by Gasteiger charge is 2.17. The molecule has 4 rings (SSSR count). The molecule has 0 saturated carbocycles. The van der Waals surface area contributed by atoms with Crippen molar-refractivity contribution in [1.29, 1.82) is 0 Å². The Morgan fingerprint density at radius 1 is 1.27 bits per heavy atom. The predicted molar refractivity (Wildman–Crippen MR) is 81.3 cm³/mol. The highest BCUT2D eigenvalue weighted by Crippen LogP contribution is 2.31. The molecule has 0 bridgehead atoms. The van der Waals surface area contributed by atoms with Gasteiger partial charge in [0.15, 0.2) is 10.8 Å². The fourth-order valence-corrected chi connectivity index (χ4v) is 3.12. The van der Waals surface area contributed by atoms with E-state index in [-0.39, 0.29) is 5.82 Å². The zero-order valence-electron chi connectivity index (χ0n) is 11.2. The van der Waals surface area contributed by atoms with Gasteiger partial charge in [-0.3, -0.25) is 4.68 Å². The zero-order chi connectivity index (χ0) is 15.3. The number of nitrogens with zero attached hydrogens (tertiary/aromatic N) is 6. The summed E-state index contributed by atoms with van der Waals surface area (Å²) in [5.41, 5.74) is 1.34. The maximum absolute atomic E-state index is 13.5. The summed E-state index contributed by atoms with van der Waals surface area (Å²) in [6.45, 7) is 0. The summed E-state index contributed by atoms with van der Waals surface area (Å²) in [4.78, 5) is 0.606. The molecule has 0 radical (unpaired) electrons. The van der Waals surface area contributed by atoms with Crippen LogP contribution in [-0.4, -0.2) is 29.6 Å². The van der Waals surface area contributed by atoms with Crippen LogP contribution in [0.2, 0.25) is 5.02 Å². The van der Waals surface area contributed by atoms with E-state index in [4.69, 9.17) is 11.6 Å². The Morgan fingerprint density at radius 3 is 2.91 bits per heavy atom. The molecule has 0 N–H and O–H groups in total. The average Bonchev–Trinajstić information content (AvgIpc) is 3.16. The van der Waals surface area contributed by atoms with E-state index in [0.29, 0.717) is 21.4 Å². The van der Waals surface area contributed by atoms with Crippen molar-refractivity contribution in [2.75, 3.05) is 0 Å².